The van der Waals surface area contributed by atoms with Gasteiger partial charge in [0.25, 0.3) is 0 Å². The van der Waals surface area contributed by atoms with Crippen LogP contribution >= 0.6 is 0 Å². The molecule has 2 amide bonds. The quantitative estimate of drug-likeness (QED) is 0.422. The van der Waals surface area contributed by atoms with Crippen molar-refractivity contribution in [2.24, 2.45) is 0 Å². The van der Waals surface area contributed by atoms with Crippen molar-refractivity contribution >= 4 is 6.03 Å². The van der Waals surface area contributed by atoms with Crippen LogP contribution in [0.2, 0.25) is 0 Å². The molecule has 0 aliphatic carbocycles. The van der Waals surface area contributed by atoms with E-state index in [2.05, 4.69) is 82.3 Å². The first-order valence-corrected chi connectivity index (χ1v) is 12.4. The minimum Gasteiger partial charge on any atom is -0.323 e. The molecule has 7 heteroatoms. The van der Waals surface area contributed by atoms with E-state index in [9.17, 15) is 4.79 Å². The smallest absolute Gasteiger partial charge is 0.320 e. The van der Waals surface area contributed by atoms with Gasteiger partial charge in [-0.25, -0.2) is 4.79 Å². The molecule has 7 nitrogen and oxygen atoms in total. The zero-order valence-electron chi connectivity index (χ0n) is 20.5. The lowest BCUT2D eigenvalue weighted by Gasteiger charge is -2.46. The minimum absolute atomic E-state index is 0.0871. The van der Waals surface area contributed by atoms with Crippen LogP contribution in [0, 0.1) is 13.8 Å². The van der Waals surface area contributed by atoms with E-state index < -0.39 is 0 Å². The number of likely N-dealkylation sites (tertiary alicyclic amines) is 2. The molecule has 0 radical (unpaired) electrons. The Morgan fingerprint density at radius 3 is 1.36 bits per heavy atom. The molecule has 0 unspecified atom stereocenters. The molecule has 4 heterocycles. The molecular weight excluding hydrogens is 448 g/mol. The van der Waals surface area contributed by atoms with Crippen molar-refractivity contribution in [1.82, 2.24) is 29.7 Å². The van der Waals surface area contributed by atoms with E-state index in [0.29, 0.717) is 26.2 Å². The van der Waals surface area contributed by atoms with E-state index in [4.69, 9.17) is 0 Å². The van der Waals surface area contributed by atoms with E-state index in [0.717, 1.165) is 33.9 Å². The topological polar surface area (TPSA) is 75.1 Å². The molecule has 0 saturated carbocycles. The molecule has 2 saturated heterocycles. The zero-order chi connectivity index (χ0) is 24.6. The van der Waals surface area contributed by atoms with Crippen molar-refractivity contribution < 1.29 is 4.79 Å². The van der Waals surface area contributed by atoms with Gasteiger partial charge < -0.3 is 9.80 Å². The minimum atomic E-state index is 0.0871. The monoisotopic (exact) mass is 476 g/mol. The number of benzene rings is 2. The standard InChI is InChI=1S/C29H28N6O/c1-19-3-7-21(8-4-19)25-27(32-13-11-30-25)23-15-34(16-23)29(36)35-17-24(18-35)28-26(31-12-14-33-28)22-9-5-20(2)6-10-22/h3-14,23-24H,15-18H2,1-2H3. The third-order valence-electron chi connectivity index (χ3n) is 7.18. The first-order valence-electron chi connectivity index (χ1n) is 12.4. The number of rotatable bonds is 4. The number of nitrogens with zero attached hydrogens (tertiary/aromatic N) is 6. The second-order valence-corrected chi connectivity index (χ2v) is 9.80. The normalized spacial score (nSPS) is 15.9. The summed E-state index contributed by atoms with van der Waals surface area (Å²) in [6.45, 7) is 6.80. The van der Waals surface area contributed by atoms with Crippen LogP contribution in [-0.4, -0.2) is 61.9 Å². The highest BCUT2D eigenvalue weighted by Gasteiger charge is 2.41. The summed E-state index contributed by atoms with van der Waals surface area (Å²) in [7, 11) is 0. The van der Waals surface area contributed by atoms with Crippen molar-refractivity contribution in [1.29, 1.82) is 0 Å². The number of amides is 2. The Kier molecular flexibility index (Phi) is 5.68. The Bertz CT molecular complexity index is 1280. The molecule has 0 spiro atoms. The SMILES string of the molecule is Cc1ccc(-c2nccnc2C2CN(C(=O)N3CC(c4nccnc4-c4ccc(C)cc4)C3)C2)cc1. The molecule has 180 valence electrons. The Morgan fingerprint density at radius 2 is 0.972 bits per heavy atom. The molecule has 4 aromatic rings. The maximum absolute atomic E-state index is 13.1. The van der Waals surface area contributed by atoms with Gasteiger partial charge in [0, 0.05) is 73.9 Å². The van der Waals surface area contributed by atoms with Crippen molar-refractivity contribution in [3.63, 3.8) is 0 Å². The number of carbonyl (C=O) groups excluding carboxylic acids is 1. The maximum atomic E-state index is 13.1. The third kappa shape index (κ3) is 4.11. The molecule has 6 rings (SSSR count). The second kappa shape index (κ2) is 9.15. The molecule has 0 N–H and O–H groups in total. The molecule has 2 fully saturated rings. The average Bonchev–Trinajstić information content (AvgIpc) is 2.84. The molecule has 2 aliphatic heterocycles. The summed E-state index contributed by atoms with van der Waals surface area (Å²) < 4.78 is 0. The summed E-state index contributed by atoms with van der Waals surface area (Å²) in [6.07, 6.45) is 6.95. The van der Waals surface area contributed by atoms with Crippen LogP contribution < -0.4 is 0 Å². The van der Waals surface area contributed by atoms with E-state index in [1.54, 1.807) is 24.8 Å². The van der Waals surface area contributed by atoms with E-state index in [1.165, 1.54) is 11.1 Å². The summed E-state index contributed by atoms with van der Waals surface area (Å²) in [5.41, 5.74) is 8.30. The van der Waals surface area contributed by atoms with Crippen LogP contribution in [-0.2, 0) is 0 Å². The highest BCUT2D eigenvalue weighted by molar-refractivity contribution is 5.77. The third-order valence-corrected chi connectivity index (χ3v) is 7.18. The first kappa shape index (κ1) is 22.3. The molecule has 2 aromatic heterocycles. The lowest BCUT2D eigenvalue weighted by Crippen LogP contribution is -2.59. The van der Waals surface area contributed by atoms with Crippen LogP contribution in [0.4, 0.5) is 4.79 Å². The van der Waals surface area contributed by atoms with Gasteiger partial charge >= 0.3 is 6.03 Å². The van der Waals surface area contributed by atoms with Crippen molar-refractivity contribution in [2.75, 3.05) is 26.2 Å². The summed E-state index contributed by atoms with van der Waals surface area (Å²) in [4.78, 5) is 35.4. The number of hydrogen-bond donors (Lipinski definition) is 0. The predicted octanol–water partition coefficient (Wildman–Crippen LogP) is 4.84. The van der Waals surface area contributed by atoms with E-state index in [1.807, 2.05) is 9.80 Å². The lowest BCUT2D eigenvalue weighted by atomic mass is 9.90. The Morgan fingerprint density at radius 1 is 0.611 bits per heavy atom. The summed E-state index contributed by atoms with van der Waals surface area (Å²) in [5.74, 6) is 0.397. The molecule has 2 aliphatic rings. The largest absolute Gasteiger partial charge is 0.323 e. The van der Waals surface area contributed by atoms with E-state index in [-0.39, 0.29) is 17.9 Å². The van der Waals surface area contributed by atoms with Crippen LogP contribution in [0.25, 0.3) is 22.5 Å². The summed E-state index contributed by atoms with van der Waals surface area (Å²) in [5, 5.41) is 0. The van der Waals surface area contributed by atoms with Gasteiger partial charge in [-0.1, -0.05) is 59.7 Å². The van der Waals surface area contributed by atoms with Crippen molar-refractivity contribution in [3.05, 3.63) is 95.8 Å². The average molecular weight is 477 g/mol. The number of urea groups is 1. The summed E-state index contributed by atoms with van der Waals surface area (Å²) in [6, 6.07) is 16.8. The Hall–Kier alpha value is -4.13. The van der Waals surface area contributed by atoms with Gasteiger partial charge in [-0.05, 0) is 13.8 Å². The Labute approximate surface area is 210 Å². The van der Waals surface area contributed by atoms with Gasteiger partial charge in [0.2, 0.25) is 0 Å². The maximum Gasteiger partial charge on any atom is 0.320 e. The number of aryl methyl sites for hydroxylation is 2. The first-order chi connectivity index (χ1) is 17.6. The fourth-order valence-electron chi connectivity index (χ4n) is 4.98. The highest BCUT2D eigenvalue weighted by Crippen LogP contribution is 2.36. The molecule has 36 heavy (non-hydrogen) atoms. The van der Waals surface area contributed by atoms with Crippen LogP contribution in [0.5, 0.6) is 0 Å². The predicted molar refractivity (Wildman–Crippen MR) is 138 cm³/mol. The fourth-order valence-corrected chi connectivity index (χ4v) is 4.98. The van der Waals surface area contributed by atoms with Crippen molar-refractivity contribution in [3.8, 4) is 22.5 Å². The zero-order valence-corrected chi connectivity index (χ0v) is 20.5. The highest BCUT2D eigenvalue weighted by atomic mass is 16.2. The molecule has 2 aromatic carbocycles. The van der Waals surface area contributed by atoms with Gasteiger partial charge in [-0.15, -0.1) is 0 Å². The van der Waals surface area contributed by atoms with Crippen LogP contribution in [0.15, 0.2) is 73.3 Å². The Balaban J connectivity index is 1.10. The van der Waals surface area contributed by atoms with Gasteiger partial charge in [0.05, 0.1) is 22.8 Å². The molecule has 0 bridgehead atoms. The van der Waals surface area contributed by atoms with Crippen LogP contribution in [0.1, 0.15) is 34.4 Å². The molecule has 0 atom stereocenters. The van der Waals surface area contributed by atoms with Gasteiger partial charge in [0.15, 0.2) is 0 Å². The van der Waals surface area contributed by atoms with Gasteiger partial charge in [0.1, 0.15) is 0 Å². The van der Waals surface area contributed by atoms with Gasteiger partial charge in [-0.3, -0.25) is 19.9 Å². The number of carbonyl (C=O) groups is 1. The van der Waals surface area contributed by atoms with Gasteiger partial charge in [-0.2, -0.15) is 0 Å². The fraction of sp³-hybridized carbons (Fsp3) is 0.276. The number of hydrogen-bond acceptors (Lipinski definition) is 5. The van der Waals surface area contributed by atoms with E-state index >= 15 is 0 Å². The number of aromatic nitrogens is 4. The second-order valence-electron chi connectivity index (χ2n) is 9.80. The van der Waals surface area contributed by atoms with Crippen LogP contribution in [0.3, 0.4) is 0 Å². The summed E-state index contributed by atoms with van der Waals surface area (Å²) >= 11 is 0. The molecular formula is C29H28N6O. The van der Waals surface area contributed by atoms with Crippen molar-refractivity contribution in [2.45, 2.75) is 25.7 Å². The lowest BCUT2D eigenvalue weighted by molar-refractivity contribution is 0.0836.